The van der Waals surface area contributed by atoms with Crippen LogP contribution in [0.3, 0.4) is 0 Å². The zero-order valence-corrected chi connectivity index (χ0v) is 14.3. The summed E-state index contributed by atoms with van der Waals surface area (Å²) in [5.74, 6) is -4.95. The van der Waals surface area contributed by atoms with Crippen LogP contribution < -0.4 is 0 Å². The van der Waals surface area contributed by atoms with Crippen LogP contribution in [-0.2, 0) is 9.63 Å². The summed E-state index contributed by atoms with van der Waals surface area (Å²) in [7, 11) is 0. The first kappa shape index (κ1) is 18.9. The molecule has 1 atom stereocenters. The van der Waals surface area contributed by atoms with Gasteiger partial charge < -0.3 is 4.84 Å². The second kappa shape index (κ2) is 7.03. The Hall–Kier alpha value is -2.87. The van der Waals surface area contributed by atoms with Gasteiger partial charge in [-0.15, -0.1) is 0 Å². The Morgan fingerprint density at radius 3 is 2.00 bits per heavy atom. The lowest BCUT2D eigenvalue weighted by Gasteiger charge is -2.20. The van der Waals surface area contributed by atoms with Crippen LogP contribution in [0.5, 0.6) is 0 Å². The number of benzene rings is 2. The van der Waals surface area contributed by atoms with Gasteiger partial charge in [0, 0.05) is 5.02 Å². The van der Waals surface area contributed by atoms with Crippen LogP contribution in [0.25, 0.3) is 0 Å². The van der Waals surface area contributed by atoms with Gasteiger partial charge in [0.25, 0.3) is 11.8 Å². The molecular formula is C18H11ClF3NO4. The van der Waals surface area contributed by atoms with Gasteiger partial charge in [0.15, 0.2) is 0 Å². The molecule has 140 valence electrons. The number of fused-ring (bicyclic) bond motifs is 1. The van der Waals surface area contributed by atoms with Crippen LogP contribution in [0.1, 0.15) is 38.6 Å². The Morgan fingerprint density at radius 2 is 1.52 bits per heavy atom. The maximum Gasteiger partial charge on any atom is 0.390 e. The summed E-state index contributed by atoms with van der Waals surface area (Å²) in [6, 6.07) is 10.9. The van der Waals surface area contributed by atoms with Crippen LogP contribution in [0.2, 0.25) is 5.02 Å². The van der Waals surface area contributed by atoms with Crippen LogP contribution in [0.4, 0.5) is 13.2 Å². The smallest absolute Gasteiger partial charge is 0.329 e. The number of hydrogen-bond acceptors (Lipinski definition) is 4. The Kier molecular flexibility index (Phi) is 4.93. The van der Waals surface area contributed by atoms with E-state index in [0.717, 1.165) is 0 Å². The Labute approximate surface area is 156 Å². The van der Waals surface area contributed by atoms with Gasteiger partial charge in [-0.3, -0.25) is 9.59 Å². The Bertz CT molecular complexity index is 877. The van der Waals surface area contributed by atoms with Crippen molar-refractivity contribution in [2.75, 3.05) is 0 Å². The zero-order chi connectivity index (χ0) is 19.8. The largest absolute Gasteiger partial charge is 0.390 e. The lowest BCUT2D eigenvalue weighted by atomic mass is 9.96. The molecule has 1 aliphatic rings. The van der Waals surface area contributed by atoms with E-state index >= 15 is 0 Å². The van der Waals surface area contributed by atoms with Gasteiger partial charge in [0.2, 0.25) is 0 Å². The number of hydroxylamine groups is 2. The number of imide groups is 1. The fourth-order valence-corrected chi connectivity index (χ4v) is 2.79. The molecule has 0 aliphatic carbocycles. The van der Waals surface area contributed by atoms with Gasteiger partial charge in [-0.1, -0.05) is 40.9 Å². The van der Waals surface area contributed by atoms with Gasteiger partial charge in [0.05, 0.1) is 23.5 Å². The Morgan fingerprint density at radius 1 is 1.00 bits per heavy atom. The van der Waals surface area contributed by atoms with Gasteiger partial charge in [-0.2, -0.15) is 13.2 Å². The summed E-state index contributed by atoms with van der Waals surface area (Å²) in [4.78, 5) is 41.6. The van der Waals surface area contributed by atoms with E-state index in [1.165, 1.54) is 48.5 Å². The SMILES string of the molecule is O=C(ON1C(=O)c2ccccc2C1=O)C(CC(F)(F)F)c1ccc(Cl)cc1. The van der Waals surface area contributed by atoms with E-state index < -0.39 is 36.3 Å². The third-order valence-corrected chi connectivity index (χ3v) is 4.18. The number of alkyl halides is 3. The molecule has 0 radical (unpaired) electrons. The fraction of sp³-hybridized carbons (Fsp3) is 0.167. The quantitative estimate of drug-likeness (QED) is 0.728. The number of hydrogen-bond donors (Lipinski definition) is 0. The molecule has 27 heavy (non-hydrogen) atoms. The molecule has 0 bridgehead atoms. The van der Waals surface area contributed by atoms with Crippen LogP contribution in [-0.4, -0.2) is 29.0 Å². The van der Waals surface area contributed by atoms with Crippen molar-refractivity contribution in [3.63, 3.8) is 0 Å². The van der Waals surface area contributed by atoms with E-state index in [1.54, 1.807) is 0 Å². The molecule has 0 aromatic heterocycles. The average molecular weight is 398 g/mol. The number of carbonyl (C=O) groups excluding carboxylic acids is 3. The number of rotatable bonds is 4. The van der Waals surface area contributed by atoms with Crippen molar-refractivity contribution in [1.29, 1.82) is 0 Å². The van der Waals surface area contributed by atoms with E-state index in [1.807, 2.05) is 0 Å². The molecule has 5 nitrogen and oxygen atoms in total. The monoisotopic (exact) mass is 397 g/mol. The van der Waals surface area contributed by atoms with Crippen molar-refractivity contribution < 1.29 is 32.4 Å². The van der Waals surface area contributed by atoms with Crippen molar-refractivity contribution in [1.82, 2.24) is 5.06 Å². The second-order valence-electron chi connectivity index (χ2n) is 5.78. The molecule has 1 heterocycles. The third kappa shape index (κ3) is 3.95. The minimum atomic E-state index is -4.68. The van der Waals surface area contributed by atoms with Crippen molar-refractivity contribution in [2.24, 2.45) is 0 Å². The summed E-state index contributed by atoms with van der Waals surface area (Å²) in [6.45, 7) is 0. The fourth-order valence-electron chi connectivity index (χ4n) is 2.67. The van der Waals surface area contributed by atoms with Gasteiger partial charge in [0.1, 0.15) is 0 Å². The summed E-state index contributed by atoms with van der Waals surface area (Å²) in [6.07, 6.45) is -6.19. The van der Waals surface area contributed by atoms with Crippen molar-refractivity contribution in [3.8, 4) is 0 Å². The number of halogens is 4. The van der Waals surface area contributed by atoms with Crippen molar-refractivity contribution in [3.05, 3.63) is 70.2 Å². The number of nitrogens with zero attached hydrogens (tertiary/aromatic N) is 1. The first-order valence-electron chi connectivity index (χ1n) is 7.69. The van der Waals surface area contributed by atoms with Gasteiger partial charge in [-0.05, 0) is 29.8 Å². The standard InChI is InChI=1S/C18H11ClF3NO4/c19-11-7-5-10(6-8-11)14(9-18(20,21)22)17(26)27-23-15(24)12-3-1-2-4-13(12)16(23)25/h1-8,14H,9H2. The molecule has 2 aromatic rings. The second-order valence-corrected chi connectivity index (χ2v) is 6.22. The lowest BCUT2D eigenvalue weighted by Crippen LogP contribution is -2.35. The first-order chi connectivity index (χ1) is 12.7. The summed E-state index contributed by atoms with van der Waals surface area (Å²) < 4.78 is 38.8. The highest BCUT2D eigenvalue weighted by atomic mass is 35.5. The van der Waals surface area contributed by atoms with Crippen molar-refractivity contribution in [2.45, 2.75) is 18.5 Å². The van der Waals surface area contributed by atoms with Crippen LogP contribution in [0, 0.1) is 0 Å². The van der Waals surface area contributed by atoms with E-state index in [9.17, 15) is 27.6 Å². The molecular weight excluding hydrogens is 387 g/mol. The lowest BCUT2D eigenvalue weighted by molar-refractivity contribution is -0.180. The zero-order valence-electron chi connectivity index (χ0n) is 13.5. The molecule has 0 fully saturated rings. The molecule has 0 spiro atoms. The summed E-state index contributed by atoms with van der Waals surface area (Å²) in [5, 5.41) is 0.463. The molecule has 1 unspecified atom stereocenters. The number of carbonyl (C=O) groups is 3. The van der Waals surface area contributed by atoms with E-state index in [2.05, 4.69) is 0 Å². The minimum Gasteiger partial charge on any atom is -0.329 e. The van der Waals surface area contributed by atoms with E-state index in [4.69, 9.17) is 16.4 Å². The van der Waals surface area contributed by atoms with Crippen molar-refractivity contribution >= 4 is 29.4 Å². The molecule has 2 aromatic carbocycles. The molecule has 2 amide bonds. The van der Waals surface area contributed by atoms with Crippen LogP contribution >= 0.6 is 11.6 Å². The maximum absolute atomic E-state index is 12.9. The normalized spacial score (nSPS) is 14.9. The molecule has 3 rings (SSSR count). The molecule has 0 saturated carbocycles. The average Bonchev–Trinajstić information content (AvgIpc) is 2.85. The molecule has 0 N–H and O–H groups in total. The highest BCUT2D eigenvalue weighted by molar-refractivity contribution is 6.30. The summed E-state index contributed by atoms with van der Waals surface area (Å²) >= 11 is 5.72. The predicted octanol–water partition coefficient (Wildman–Crippen LogP) is 4.13. The van der Waals surface area contributed by atoms with Gasteiger partial charge in [-0.25, -0.2) is 4.79 Å². The summed E-state index contributed by atoms with van der Waals surface area (Å²) in [5.41, 5.74) is 0.0154. The maximum atomic E-state index is 12.9. The predicted molar refractivity (Wildman–Crippen MR) is 87.9 cm³/mol. The molecule has 0 saturated heterocycles. The topological polar surface area (TPSA) is 63.7 Å². The van der Waals surface area contributed by atoms with E-state index in [-0.39, 0.29) is 26.8 Å². The first-order valence-corrected chi connectivity index (χ1v) is 8.07. The van der Waals surface area contributed by atoms with Gasteiger partial charge >= 0.3 is 12.1 Å². The minimum absolute atomic E-state index is 0.00154. The number of amides is 2. The Balaban J connectivity index is 1.86. The molecule has 1 aliphatic heterocycles. The highest BCUT2D eigenvalue weighted by Crippen LogP contribution is 2.34. The third-order valence-electron chi connectivity index (χ3n) is 3.93. The highest BCUT2D eigenvalue weighted by Gasteiger charge is 2.42. The van der Waals surface area contributed by atoms with E-state index in [0.29, 0.717) is 0 Å². The van der Waals surface area contributed by atoms with Crippen LogP contribution in [0.15, 0.2) is 48.5 Å². The molecule has 9 heteroatoms.